The molecule has 1 N–H and O–H groups in total. The molecule has 0 atom stereocenters. The first-order valence-electron chi connectivity index (χ1n) is 9.21. The molecule has 1 aromatic carbocycles. The van der Waals surface area contributed by atoms with Gasteiger partial charge in [-0.25, -0.2) is 0 Å². The van der Waals surface area contributed by atoms with E-state index in [4.69, 9.17) is 5.10 Å². The molecule has 0 bridgehead atoms. The van der Waals surface area contributed by atoms with Crippen molar-refractivity contribution in [2.75, 3.05) is 0 Å². The summed E-state index contributed by atoms with van der Waals surface area (Å²) in [6.07, 6.45) is 8.14. The van der Waals surface area contributed by atoms with Crippen molar-refractivity contribution in [1.29, 1.82) is 0 Å². The number of para-hydroxylation sites is 1. The fourth-order valence-electron chi connectivity index (χ4n) is 3.64. The molecular formula is C19H32N2Sn. The predicted octanol–water partition coefficient (Wildman–Crippen LogP) is 5.62. The zero-order chi connectivity index (χ0) is 15.8. The Morgan fingerprint density at radius 2 is 1.41 bits per heavy atom. The van der Waals surface area contributed by atoms with Crippen LogP contribution in [0.15, 0.2) is 24.3 Å². The van der Waals surface area contributed by atoms with E-state index in [1.165, 1.54) is 62.7 Å². The maximum atomic E-state index is 4.89. The molecular weight excluding hydrogens is 375 g/mol. The van der Waals surface area contributed by atoms with E-state index in [1.54, 1.807) is 3.71 Å². The van der Waals surface area contributed by atoms with Crippen LogP contribution in [0.3, 0.4) is 0 Å². The fraction of sp³-hybridized carbons (Fsp3) is 0.632. The number of hydrogen-bond donors (Lipinski definition) is 1. The predicted molar refractivity (Wildman–Crippen MR) is 101 cm³/mol. The molecule has 0 saturated carbocycles. The third-order valence-corrected chi connectivity index (χ3v) is 20.2. The van der Waals surface area contributed by atoms with Crippen molar-refractivity contribution in [3.8, 4) is 0 Å². The van der Waals surface area contributed by atoms with Crippen molar-refractivity contribution in [2.24, 2.45) is 0 Å². The average Bonchev–Trinajstić information content (AvgIpc) is 2.99. The van der Waals surface area contributed by atoms with E-state index in [1.807, 2.05) is 0 Å². The Labute approximate surface area is 140 Å². The Hall–Kier alpha value is -0.511. The van der Waals surface area contributed by atoms with Crippen LogP contribution in [0.5, 0.6) is 0 Å². The number of nitrogens with zero attached hydrogens (tertiary/aromatic N) is 1. The van der Waals surface area contributed by atoms with Crippen LogP contribution in [-0.4, -0.2) is 28.6 Å². The fourth-order valence-corrected chi connectivity index (χ4v) is 19.7. The second kappa shape index (κ2) is 8.95. The molecule has 2 rings (SSSR count). The summed E-state index contributed by atoms with van der Waals surface area (Å²) in [5, 5.41) is 9.65. The van der Waals surface area contributed by atoms with Crippen molar-refractivity contribution in [3.05, 3.63) is 24.3 Å². The van der Waals surface area contributed by atoms with Gasteiger partial charge in [0, 0.05) is 0 Å². The van der Waals surface area contributed by atoms with Crippen molar-refractivity contribution >= 4 is 33.0 Å². The Balaban J connectivity index is 2.42. The number of hydrogen-bond acceptors (Lipinski definition) is 1. The zero-order valence-electron chi connectivity index (χ0n) is 14.6. The molecule has 2 nitrogen and oxygen atoms in total. The second-order valence-electron chi connectivity index (χ2n) is 6.71. The summed E-state index contributed by atoms with van der Waals surface area (Å²) in [5.41, 5.74) is 1.24. The quantitative estimate of drug-likeness (QED) is 0.509. The molecule has 0 radical (unpaired) electrons. The normalized spacial score (nSPS) is 12.1. The SMILES string of the molecule is CCC[CH2][Sn]([CH2]CCC)([CH2]CCC)[c]1n[nH]c2ccccc12. The molecule has 0 spiro atoms. The molecule has 1 heterocycles. The van der Waals surface area contributed by atoms with E-state index in [9.17, 15) is 0 Å². The third kappa shape index (κ3) is 4.06. The Bertz CT molecular complexity index is 540. The van der Waals surface area contributed by atoms with Crippen molar-refractivity contribution in [1.82, 2.24) is 10.2 Å². The molecule has 2 aromatic rings. The van der Waals surface area contributed by atoms with Gasteiger partial charge in [0.25, 0.3) is 0 Å². The molecule has 0 unspecified atom stereocenters. The number of aromatic amines is 1. The van der Waals surface area contributed by atoms with E-state index < -0.39 is 18.4 Å². The molecule has 3 heteroatoms. The maximum absolute atomic E-state index is 4.89. The van der Waals surface area contributed by atoms with Crippen LogP contribution in [0.4, 0.5) is 0 Å². The van der Waals surface area contributed by atoms with Gasteiger partial charge in [0.2, 0.25) is 0 Å². The first-order chi connectivity index (χ1) is 10.8. The summed E-state index contributed by atoms with van der Waals surface area (Å²) in [7, 11) is 0. The first-order valence-corrected chi connectivity index (χ1v) is 16.7. The summed E-state index contributed by atoms with van der Waals surface area (Å²) >= 11 is -2.39. The summed E-state index contributed by atoms with van der Waals surface area (Å²) in [6, 6.07) is 8.77. The first kappa shape index (κ1) is 17.8. The van der Waals surface area contributed by atoms with Crippen LogP contribution in [0, 0.1) is 0 Å². The van der Waals surface area contributed by atoms with Gasteiger partial charge < -0.3 is 0 Å². The van der Waals surface area contributed by atoms with E-state index in [0.29, 0.717) is 0 Å². The van der Waals surface area contributed by atoms with Gasteiger partial charge in [-0.15, -0.1) is 0 Å². The summed E-state index contributed by atoms with van der Waals surface area (Å²) < 4.78 is 6.00. The van der Waals surface area contributed by atoms with Crippen molar-refractivity contribution in [3.63, 3.8) is 0 Å². The van der Waals surface area contributed by atoms with Crippen LogP contribution in [0.25, 0.3) is 10.9 Å². The third-order valence-electron chi connectivity index (χ3n) is 5.00. The summed E-state index contributed by atoms with van der Waals surface area (Å²) in [5.74, 6) is 0. The monoisotopic (exact) mass is 408 g/mol. The van der Waals surface area contributed by atoms with Gasteiger partial charge in [0.1, 0.15) is 0 Å². The van der Waals surface area contributed by atoms with Gasteiger partial charge in [-0.1, -0.05) is 0 Å². The number of unbranched alkanes of at least 4 members (excludes halogenated alkanes) is 3. The van der Waals surface area contributed by atoms with Gasteiger partial charge in [-0.2, -0.15) is 0 Å². The number of aromatic nitrogens is 2. The molecule has 122 valence electrons. The Kier molecular flexibility index (Phi) is 7.26. The van der Waals surface area contributed by atoms with Gasteiger partial charge in [-0.3, -0.25) is 0 Å². The van der Waals surface area contributed by atoms with E-state index in [0.717, 1.165) is 0 Å². The van der Waals surface area contributed by atoms with Gasteiger partial charge in [0.15, 0.2) is 0 Å². The molecule has 1 aromatic heterocycles. The number of rotatable bonds is 10. The van der Waals surface area contributed by atoms with Gasteiger partial charge in [-0.05, 0) is 0 Å². The number of H-pyrrole nitrogens is 1. The van der Waals surface area contributed by atoms with Gasteiger partial charge >= 0.3 is 140 Å². The summed E-state index contributed by atoms with van der Waals surface area (Å²) in [6.45, 7) is 7.00. The minimum absolute atomic E-state index is 1.24. The van der Waals surface area contributed by atoms with Crippen LogP contribution in [0.2, 0.25) is 13.3 Å². The summed E-state index contributed by atoms with van der Waals surface area (Å²) in [4.78, 5) is 0. The number of nitrogens with one attached hydrogen (secondary N) is 1. The van der Waals surface area contributed by atoms with E-state index in [2.05, 4.69) is 50.1 Å². The molecule has 0 aliphatic heterocycles. The molecule has 0 amide bonds. The standard InChI is InChI=1S/C7H5N2.3C4H9.Sn/c1-2-4-7-6(3-1)5-8-9-7;3*1-3-4-2;/h1-4H,(H,8,9);3*1,3-4H2,2H3;. The second-order valence-corrected chi connectivity index (χ2v) is 19.7. The number of fused-ring (bicyclic) bond motifs is 1. The molecule has 0 saturated heterocycles. The van der Waals surface area contributed by atoms with Crippen LogP contribution < -0.4 is 3.71 Å². The number of benzene rings is 1. The molecule has 0 fully saturated rings. The molecule has 0 aliphatic carbocycles. The zero-order valence-corrected chi connectivity index (χ0v) is 17.5. The van der Waals surface area contributed by atoms with Crippen molar-refractivity contribution < 1.29 is 0 Å². The van der Waals surface area contributed by atoms with Crippen LogP contribution >= 0.6 is 0 Å². The Morgan fingerprint density at radius 3 is 1.95 bits per heavy atom. The van der Waals surface area contributed by atoms with Crippen LogP contribution in [0.1, 0.15) is 59.3 Å². The van der Waals surface area contributed by atoms with E-state index in [-0.39, 0.29) is 0 Å². The Morgan fingerprint density at radius 1 is 0.864 bits per heavy atom. The molecule has 22 heavy (non-hydrogen) atoms. The van der Waals surface area contributed by atoms with Gasteiger partial charge in [0.05, 0.1) is 0 Å². The van der Waals surface area contributed by atoms with Crippen LogP contribution in [-0.2, 0) is 0 Å². The van der Waals surface area contributed by atoms with E-state index >= 15 is 0 Å². The minimum atomic E-state index is -2.39. The average molecular weight is 407 g/mol. The topological polar surface area (TPSA) is 28.7 Å². The van der Waals surface area contributed by atoms with Crippen molar-refractivity contribution in [2.45, 2.75) is 72.6 Å². The molecule has 0 aliphatic rings.